The summed E-state index contributed by atoms with van der Waals surface area (Å²) in [4.78, 5) is 11.5. The summed E-state index contributed by atoms with van der Waals surface area (Å²) in [5.74, 6) is 1.10. The van der Waals surface area contributed by atoms with Crippen molar-refractivity contribution in [3.63, 3.8) is 0 Å². The van der Waals surface area contributed by atoms with Gasteiger partial charge in [0, 0.05) is 44.8 Å². The van der Waals surface area contributed by atoms with E-state index in [9.17, 15) is 4.39 Å². The Labute approximate surface area is 189 Å². The zero-order chi connectivity index (χ0) is 22.2. The molecule has 2 aromatic carbocycles. The van der Waals surface area contributed by atoms with Crippen molar-refractivity contribution < 1.29 is 8.91 Å². The standard InChI is InChI=1S/C25H32FN5O/c1-2-14-31(25-27-24(32-28-25)21-10-4-3-5-11-21)16-9-8-15-29-17-19-30(20-18-29)23-13-7-6-12-22(23)26/h3-7,10-13H,2,8-9,14-20H2,1H3. The van der Waals surface area contributed by atoms with Crippen LogP contribution in [-0.2, 0) is 0 Å². The number of hydrogen-bond donors (Lipinski definition) is 0. The van der Waals surface area contributed by atoms with Gasteiger partial charge >= 0.3 is 0 Å². The fourth-order valence-corrected chi connectivity index (χ4v) is 4.18. The Hall–Kier alpha value is -2.93. The molecule has 32 heavy (non-hydrogen) atoms. The summed E-state index contributed by atoms with van der Waals surface area (Å²) in [6.45, 7) is 8.73. The van der Waals surface area contributed by atoms with E-state index >= 15 is 0 Å². The lowest BCUT2D eigenvalue weighted by Crippen LogP contribution is -2.47. The summed E-state index contributed by atoms with van der Waals surface area (Å²) in [6, 6.07) is 16.9. The lowest BCUT2D eigenvalue weighted by molar-refractivity contribution is 0.252. The Morgan fingerprint density at radius 3 is 2.44 bits per heavy atom. The van der Waals surface area contributed by atoms with Crippen LogP contribution in [0.25, 0.3) is 11.5 Å². The number of rotatable bonds is 10. The molecule has 4 rings (SSSR count). The molecule has 1 aromatic heterocycles. The molecule has 0 amide bonds. The molecule has 1 aliphatic rings. The van der Waals surface area contributed by atoms with E-state index < -0.39 is 0 Å². The molecule has 0 bridgehead atoms. The van der Waals surface area contributed by atoms with Crippen molar-refractivity contribution in [2.45, 2.75) is 26.2 Å². The fraction of sp³-hybridized carbons (Fsp3) is 0.440. The second-order valence-electron chi connectivity index (χ2n) is 8.24. The average Bonchev–Trinajstić information content (AvgIpc) is 3.33. The number of hydrogen-bond acceptors (Lipinski definition) is 6. The van der Waals surface area contributed by atoms with Crippen LogP contribution in [0.3, 0.4) is 0 Å². The van der Waals surface area contributed by atoms with Gasteiger partial charge in [-0.25, -0.2) is 4.39 Å². The van der Waals surface area contributed by atoms with Crippen molar-refractivity contribution in [2.24, 2.45) is 0 Å². The fourth-order valence-electron chi connectivity index (χ4n) is 4.18. The SMILES string of the molecule is CCCN(CCCCN1CCN(c2ccccc2F)CC1)c1noc(-c2ccccc2)n1. The van der Waals surface area contributed by atoms with Crippen LogP contribution in [-0.4, -0.2) is 60.9 Å². The highest BCUT2D eigenvalue weighted by Gasteiger charge is 2.19. The first-order chi connectivity index (χ1) is 15.7. The van der Waals surface area contributed by atoms with E-state index in [2.05, 4.69) is 31.8 Å². The molecule has 0 aliphatic carbocycles. The van der Waals surface area contributed by atoms with Gasteiger partial charge in [0.25, 0.3) is 11.8 Å². The summed E-state index contributed by atoms with van der Waals surface area (Å²) < 4.78 is 19.5. The number of halogens is 1. The Bertz CT molecular complexity index is 956. The van der Waals surface area contributed by atoms with Gasteiger partial charge in [-0.05, 0) is 55.2 Å². The Balaban J connectivity index is 1.22. The number of aromatic nitrogens is 2. The highest BCUT2D eigenvalue weighted by Crippen LogP contribution is 2.21. The van der Waals surface area contributed by atoms with Gasteiger partial charge in [0.15, 0.2) is 0 Å². The van der Waals surface area contributed by atoms with E-state index in [0.29, 0.717) is 11.8 Å². The number of anilines is 2. The van der Waals surface area contributed by atoms with E-state index in [0.717, 1.165) is 76.3 Å². The summed E-state index contributed by atoms with van der Waals surface area (Å²) in [7, 11) is 0. The summed E-state index contributed by atoms with van der Waals surface area (Å²) in [5.41, 5.74) is 1.66. The predicted molar refractivity (Wildman–Crippen MR) is 127 cm³/mol. The maximum Gasteiger partial charge on any atom is 0.266 e. The van der Waals surface area contributed by atoms with Crippen LogP contribution in [0.4, 0.5) is 16.0 Å². The Kier molecular flexibility index (Phi) is 7.72. The molecule has 0 atom stereocenters. The first-order valence-corrected chi connectivity index (χ1v) is 11.6. The molecule has 6 nitrogen and oxygen atoms in total. The lowest BCUT2D eigenvalue weighted by Gasteiger charge is -2.36. The molecule has 170 valence electrons. The van der Waals surface area contributed by atoms with Crippen molar-refractivity contribution in [1.29, 1.82) is 0 Å². The topological polar surface area (TPSA) is 48.6 Å². The molecule has 3 aromatic rings. The van der Waals surface area contributed by atoms with Crippen LogP contribution in [0.15, 0.2) is 59.1 Å². The van der Waals surface area contributed by atoms with Crippen LogP contribution in [0.2, 0.25) is 0 Å². The van der Waals surface area contributed by atoms with Gasteiger partial charge in [0.05, 0.1) is 5.69 Å². The van der Waals surface area contributed by atoms with E-state index in [1.165, 1.54) is 6.07 Å². The quantitative estimate of drug-likeness (QED) is 0.429. The van der Waals surface area contributed by atoms with Gasteiger partial charge in [0.2, 0.25) is 0 Å². The second-order valence-corrected chi connectivity index (χ2v) is 8.24. The number of nitrogens with zero attached hydrogens (tertiary/aromatic N) is 5. The molecular weight excluding hydrogens is 405 g/mol. The van der Waals surface area contributed by atoms with Crippen molar-refractivity contribution in [2.75, 3.05) is 55.6 Å². The van der Waals surface area contributed by atoms with Crippen molar-refractivity contribution in [3.05, 3.63) is 60.4 Å². The maximum atomic E-state index is 14.0. The largest absolute Gasteiger partial charge is 0.367 e. The minimum atomic E-state index is -0.131. The minimum Gasteiger partial charge on any atom is -0.367 e. The summed E-state index contributed by atoms with van der Waals surface area (Å²) in [5, 5.41) is 4.22. The molecule has 0 spiro atoms. The van der Waals surface area contributed by atoms with Crippen LogP contribution in [0, 0.1) is 5.82 Å². The van der Waals surface area contributed by atoms with Gasteiger partial charge in [-0.3, -0.25) is 4.90 Å². The molecule has 1 saturated heterocycles. The molecule has 2 heterocycles. The van der Waals surface area contributed by atoms with E-state index in [1.54, 1.807) is 6.07 Å². The van der Waals surface area contributed by atoms with Crippen molar-refractivity contribution in [1.82, 2.24) is 15.0 Å². The zero-order valence-electron chi connectivity index (χ0n) is 18.8. The number of benzene rings is 2. The van der Waals surface area contributed by atoms with Gasteiger partial charge in [0.1, 0.15) is 5.82 Å². The molecule has 1 aliphatic heterocycles. The molecule has 0 unspecified atom stereocenters. The second kappa shape index (κ2) is 11.1. The van der Waals surface area contributed by atoms with Crippen molar-refractivity contribution in [3.8, 4) is 11.5 Å². The van der Waals surface area contributed by atoms with E-state index in [1.807, 2.05) is 42.5 Å². The number of para-hydroxylation sites is 1. The molecule has 1 fully saturated rings. The van der Waals surface area contributed by atoms with Gasteiger partial charge in [-0.2, -0.15) is 4.98 Å². The maximum absolute atomic E-state index is 14.0. The van der Waals surface area contributed by atoms with Crippen LogP contribution in [0.1, 0.15) is 26.2 Å². The molecule has 0 radical (unpaired) electrons. The first kappa shape index (κ1) is 22.3. The number of unbranched alkanes of at least 4 members (excludes halogenated alkanes) is 1. The zero-order valence-corrected chi connectivity index (χ0v) is 18.8. The Morgan fingerprint density at radius 2 is 1.69 bits per heavy atom. The smallest absolute Gasteiger partial charge is 0.266 e. The molecular formula is C25H32FN5O. The van der Waals surface area contributed by atoms with Gasteiger partial charge in [-0.1, -0.05) is 37.3 Å². The highest BCUT2D eigenvalue weighted by atomic mass is 19.1. The highest BCUT2D eigenvalue weighted by molar-refractivity contribution is 5.54. The van der Waals surface area contributed by atoms with Crippen molar-refractivity contribution >= 4 is 11.6 Å². The van der Waals surface area contributed by atoms with Crippen LogP contribution >= 0.6 is 0 Å². The minimum absolute atomic E-state index is 0.131. The van der Waals surface area contributed by atoms with Crippen LogP contribution in [0.5, 0.6) is 0 Å². The van der Waals surface area contributed by atoms with E-state index in [4.69, 9.17) is 4.52 Å². The first-order valence-electron chi connectivity index (χ1n) is 11.6. The molecule has 7 heteroatoms. The Morgan fingerprint density at radius 1 is 0.938 bits per heavy atom. The van der Waals surface area contributed by atoms with E-state index in [-0.39, 0.29) is 5.82 Å². The lowest BCUT2D eigenvalue weighted by atomic mass is 10.2. The average molecular weight is 438 g/mol. The predicted octanol–water partition coefficient (Wildman–Crippen LogP) is 4.69. The normalized spacial score (nSPS) is 14.6. The van der Waals surface area contributed by atoms with Gasteiger partial charge in [-0.15, -0.1) is 0 Å². The molecule has 0 saturated carbocycles. The summed E-state index contributed by atoms with van der Waals surface area (Å²) >= 11 is 0. The third kappa shape index (κ3) is 5.65. The van der Waals surface area contributed by atoms with Gasteiger partial charge < -0.3 is 14.3 Å². The summed E-state index contributed by atoms with van der Waals surface area (Å²) in [6.07, 6.45) is 3.22. The third-order valence-electron chi connectivity index (χ3n) is 5.93. The van der Waals surface area contributed by atoms with Crippen LogP contribution < -0.4 is 9.80 Å². The number of piperazine rings is 1. The third-order valence-corrected chi connectivity index (χ3v) is 5.93. The molecule has 0 N–H and O–H groups in total. The monoisotopic (exact) mass is 437 g/mol.